The Balaban J connectivity index is 2.48. The number of nitrogens with zero attached hydrogens (tertiary/aromatic N) is 2. The first-order valence-corrected chi connectivity index (χ1v) is 4.06. The number of rotatable bonds is 2. The van der Waals surface area contributed by atoms with Gasteiger partial charge in [-0.1, -0.05) is 6.07 Å². The van der Waals surface area contributed by atoms with E-state index >= 15 is 0 Å². The van der Waals surface area contributed by atoms with Crippen molar-refractivity contribution in [1.82, 2.24) is 10.3 Å². The molecular formula is C9H10N2O2. The molecule has 0 aliphatic rings. The molecule has 1 unspecified atom stereocenters. The van der Waals surface area contributed by atoms with Crippen molar-refractivity contribution < 1.29 is 9.37 Å². The van der Waals surface area contributed by atoms with E-state index in [-0.39, 0.29) is 6.10 Å². The highest BCUT2D eigenvalue weighted by molar-refractivity contribution is 5.73. The fourth-order valence-electron chi connectivity index (χ4n) is 1.19. The van der Waals surface area contributed by atoms with E-state index in [1.165, 1.54) is 0 Å². The molecule has 0 radical (unpaired) electrons. The molecule has 0 saturated heterocycles. The van der Waals surface area contributed by atoms with Crippen LogP contribution in [0.4, 0.5) is 0 Å². The summed E-state index contributed by atoms with van der Waals surface area (Å²) in [6.45, 7) is 1.98. The molecule has 0 saturated carbocycles. The molecule has 0 aliphatic heterocycles. The molecule has 0 N–H and O–H groups in total. The Morgan fingerprint density at radius 1 is 1.31 bits per heavy atom. The summed E-state index contributed by atoms with van der Waals surface area (Å²) in [6.07, 6.45) is 0.0705. The third-order valence-corrected chi connectivity index (χ3v) is 2.10. The summed E-state index contributed by atoms with van der Waals surface area (Å²) in [5.41, 5.74) is 2.61. The van der Waals surface area contributed by atoms with Crippen molar-refractivity contribution in [3.63, 3.8) is 0 Å². The predicted molar refractivity (Wildman–Crippen MR) is 47.2 cm³/mol. The van der Waals surface area contributed by atoms with Crippen molar-refractivity contribution in [3.8, 4) is 0 Å². The van der Waals surface area contributed by atoms with Gasteiger partial charge in [-0.15, -0.1) is 0 Å². The molecule has 0 aliphatic carbocycles. The molecule has 0 bridgehead atoms. The van der Waals surface area contributed by atoms with Gasteiger partial charge in [-0.2, -0.15) is 0 Å². The van der Waals surface area contributed by atoms with Crippen LogP contribution in [0.25, 0.3) is 11.0 Å². The average molecular weight is 178 g/mol. The average Bonchev–Trinajstić information content (AvgIpc) is 2.63. The highest BCUT2D eigenvalue weighted by Crippen LogP contribution is 2.19. The van der Waals surface area contributed by atoms with Gasteiger partial charge < -0.3 is 4.74 Å². The molecule has 2 rings (SSSR count). The zero-order chi connectivity index (χ0) is 9.26. The quantitative estimate of drug-likeness (QED) is 0.705. The van der Waals surface area contributed by atoms with Crippen LogP contribution in [0.5, 0.6) is 0 Å². The predicted octanol–water partition coefficient (Wildman–Crippen LogP) is 1.93. The first-order valence-electron chi connectivity index (χ1n) is 4.06. The molecule has 0 amide bonds. The van der Waals surface area contributed by atoms with E-state index in [1.54, 1.807) is 7.11 Å². The number of aromatic nitrogens is 2. The maximum Gasteiger partial charge on any atom is 0.135 e. The third-order valence-electron chi connectivity index (χ3n) is 2.10. The SMILES string of the molecule is COC(C)c1ccc2nonc2c1. The first-order chi connectivity index (χ1) is 6.31. The number of fused-ring (bicyclic) bond motifs is 1. The van der Waals surface area contributed by atoms with E-state index in [2.05, 4.69) is 14.9 Å². The zero-order valence-corrected chi connectivity index (χ0v) is 7.52. The smallest absolute Gasteiger partial charge is 0.135 e. The van der Waals surface area contributed by atoms with Crippen LogP contribution in [-0.2, 0) is 4.74 Å². The molecule has 1 heterocycles. The number of ether oxygens (including phenoxy) is 1. The molecule has 1 aromatic carbocycles. The van der Waals surface area contributed by atoms with Crippen LogP contribution in [0.2, 0.25) is 0 Å². The number of benzene rings is 1. The van der Waals surface area contributed by atoms with E-state index < -0.39 is 0 Å². The van der Waals surface area contributed by atoms with Crippen molar-refractivity contribution in [2.45, 2.75) is 13.0 Å². The van der Waals surface area contributed by atoms with Gasteiger partial charge in [-0.05, 0) is 34.9 Å². The van der Waals surface area contributed by atoms with E-state index in [1.807, 2.05) is 25.1 Å². The minimum atomic E-state index is 0.0705. The molecule has 1 aromatic heterocycles. The van der Waals surface area contributed by atoms with E-state index in [9.17, 15) is 0 Å². The van der Waals surface area contributed by atoms with Crippen LogP contribution in [-0.4, -0.2) is 17.4 Å². The maximum absolute atomic E-state index is 5.18. The molecule has 0 fully saturated rings. The van der Waals surface area contributed by atoms with Crippen LogP contribution in [0.15, 0.2) is 22.8 Å². The van der Waals surface area contributed by atoms with Crippen molar-refractivity contribution >= 4 is 11.0 Å². The van der Waals surface area contributed by atoms with Crippen LogP contribution in [0.1, 0.15) is 18.6 Å². The fourth-order valence-corrected chi connectivity index (χ4v) is 1.19. The van der Waals surface area contributed by atoms with Gasteiger partial charge in [0.15, 0.2) is 0 Å². The van der Waals surface area contributed by atoms with Crippen LogP contribution < -0.4 is 0 Å². The van der Waals surface area contributed by atoms with E-state index in [0.717, 1.165) is 16.6 Å². The Hall–Kier alpha value is -1.42. The van der Waals surface area contributed by atoms with Gasteiger partial charge in [0, 0.05) is 7.11 Å². The molecule has 4 heteroatoms. The van der Waals surface area contributed by atoms with Gasteiger partial charge in [-0.3, -0.25) is 0 Å². The second kappa shape index (κ2) is 3.14. The third kappa shape index (κ3) is 1.40. The minimum Gasteiger partial charge on any atom is -0.377 e. The summed E-state index contributed by atoms with van der Waals surface area (Å²) >= 11 is 0. The topological polar surface area (TPSA) is 48.2 Å². The molecule has 1 atom stereocenters. The molecule has 13 heavy (non-hydrogen) atoms. The van der Waals surface area contributed by atoms with Crippen molar-refractivity contribution in [2.75, 3.05) is 7.11 Å². The first kappa shape index (κ1) is 8.19. The van der Waals surface area contributed by atoms with Crippen LogP contribution in [0, 0.1) is 0 Å². The summed E-state index contributed by atoms with van der Waals surface area (Å²) in [5.74, 6) is 0. The largest absolute Gasteiger partial charge is 0.377 e. The molecule has 68 valence electrons. The Bertz CT molecular complexity index is 411. The highest BCUT2D eigenvalue weighted by atomic mass is 16.6. The van der Waals surface area contributed by atoms with Crippen molar-refractivity contribution in [3.05, 3.63) is 23.8 Å². The summed E-state index contributed by atoms with van der Waals surface area (Å²) in [4.78, 5) is 0. The molecule has 4 nitrogen and oxygen atoms in total. The summed E-state index contributed by atoms with van der Waals surface area (Å²) < 4.78 is 9.78. The minimum absolute atomic E-state index is 0.0705. The monoisotopic (exact) mass is 178 g/mol. The number of methoxy groups -OCH3 is 1. The second-order valence-corrected chi connectivity index (χ2v) is 2.89. The Kier molecular flexibility index (Phi) is 1.98. The van der Waals surface area contributed by atoms with Gasteiger partial charge in [0.25, 0.3) is 0 Å². The standard InChI is InChI=1S/C9H10N2O2/c1-6(12-2)7-3-4-8-9(5-7)11-13-10-8/h3-6H,1-2H3. The lowest BCUT2D eigenvalue weighted by molar-refractivity contribution is 0.119. The maximum atomic E-state index is 5.18. The lowest BCUT2D eigenvalue weighted by atomic mass is 10.1. The highest BCUT2D eigenvalue weighted by Gasteiger charge is 2.06. The Labute approximate surface area is 75.5 Å². The van der Waals surface area contributed by atoms with Crippen LogP contribution in [0.3, 0.4) is 0 Å². The molecule has 2 aromatic rings. The summed E-state index contributed by atoms with van der Waals surface area (Å²) in [6, 6.07) is 5.75. The van der Waals surface area contributed by atoms with Crippen LogP contribution >= 0.6 is 0 Å². The Morgan fingerprint density at radius 3 is 2.85 bits per heavy atom. The van der Waals surface area contributed by atoms with E-state index in [0.29, 0.717) is 0 Å². The van der Waals surface area contributed by atoms with Gasteiger partial charge in [0.2, 0.25) is 0 Å². The summed E-state index contributed by atoms with van der Waals surface area (Å²) in [5, 5.41) is 7.47. The van der Waals surface area contributed by atoms with Gasteiger partial charge in [0.1, 0.15) is 11.0 Å². The number of hydrogen-bond acceptors (Lipinski definition) is 4. The number of hydrogen-bond donors (Lipinski definition) is 0. The second-order valence-electron chi connectivity index (χ2n) is 2.89. The molecular weight excluding hydrogens is 168 g/mol. The van der Waals surface area contributed by atoms with Gasteiger partial charge in [-0.25, -0.2) is 4.63 Å². The lowest BCUT2D eigenvalue weighted by Gasteiger charge is -2.08. The van der Waals surface area contributed by atoms with E-state index in [4.69, 9.17) is 4.74 Å². The Morgan fingerprint density at radius 2 is 2.08 bits per heavy atom. The van der Waals surface area contributed by atoms with Crippen molar-refractivity contribution in [1.29, 1.82) is 0 Å². The molecule has 0 spiro atoms. The van der Waals surface area contributed by atoms with Crippen molar-refractivity contribution in [2.24, 2.45) is 0 Å². The zero-order valence-electron chi connectivity index (χ0n) is 7.52. The van der Waals surface area contributed by atoms with Gasteiger partial charge >= 0.3 is 0 Å². The fraction of sp³-hybridized carbons (Fsp3) is 0.333. The summed E-state index contributed by atoms with van der Waals surface area (Å²) in [7, 11) is 1.68. The van der Waals surface area contributed by atoms with Gasteiger partial charge in [0.05, 0.1) is 6.10 Å². The normalized spacial score (nSPS) is 13.4. The lowest BCUT2D eigenvalue weighted by Crippen LogP contribution is -1.94.